The van der Waals surface area contributed by atoms with Crippen LogP contribution >= 0.6 is 0 Å². The minimum Gasteiger partial charge on any atom is -0.481 e. The zero-order valence-corrected chi connectivity index (χ0v) is 8.88. The Bertz CT molecular complexity index is 239. The highest BCUT2D eigenvalue weighted by Gasteiger charge is 2.39. The third-order valence-electron chi connectivity index (χ3n) is 3.32. The van der Waals surface area contributed by atoms with Crippen LogP contribution in [0, 0.1) is 11.3 Å². The molecule has 14 heavy (non-hydrogen) atoms. The van der Waals surface area contributed by atoms with Crippen LogP contribution in [-0.4, -0.2) is 16.9 Å². The van der Waals surface area contributed by atoms with Crippen molar-refractivity contribution in [2.24, 2.45) is 11.3 Å². The molecule has 0 aromatic carbocycles. The summed E-state index contributed by atoms with van der Waals surface area (Å²) in [6, 6.07) is 0. The van der Waals surface area contributed by atoms with Gasteiger partial charge in [0.2, 0.25) is 0 Å². The third-order valence-corrected chi connectivity index (χ3v) is 3.32. The zero-order chi connectivity index (χ0) is 10.8. The minimum atomic E-state index is -0.998. The third kappa shape index (κ3) is 2.14. The van der Waals surface area contributed by atoms with Crippen molar-refractivity contribution in [3.05, 3.63) is 0 Å². The number of ketones is 1. The molecule has 0 saturated heterocycles. The topological polar surface area (TPSA) is 54.4 Å². The van der Waals surface area contributed by atoms with E-state index in [2.05, 4.69) is 0 Å². The smallest absolute Gasteiger partial charge is 0.313 e. The Morgan fingerprint density at radius 1 is 1.21 bits per heavy atom. The normalized spacial score (nSPS) is 22.7. The Labute approximate surface area is 84.5 Å². The highest BCUT2D eigenvalue weighted by atomic mass is 16.4. The van der Waals surface area contributed by atoms with Crippen LogP contribution in [0.2, 0.25) is 0 Å². The van der Waals surface area contributed by atoms with Crippen molar-refractivity contribution in [1.29, 1.82) is 0 Å². The fourth-order valence-corrected chi connectivity index (χ4v) is 2.21. The highest BCUT2D eigenvalue weighted by molar-refractivity contribution is 6.00. The standard InChI is InChI=1S/C11H18O3/c1-8(10(13)14)9(12)11(2)6-4-3-5-7-11/h8H,3-7H2,1-2H3,(H,13,14). The van der Waals surface area contributed by atoms with E-state index in [9.17, 15) is 9.59 Å². The van der Waals surface area contributed by atoms with Crippen molar-refractivity contribution in [3.63, 3.8) is 0 Å². The van der Waals surface area contributed by atoms with E-state index in [0.29, 0.717) is 0 Å². The van der Waals surface area contributed by atoms with Crippen LogP contribution in [0.1, 0.15) is 46.0 Å². The van der Waals surface area contributed by atoms with Gasteiger partial charge in [-0.25, -0.2) is 0 Å². The molecule has 0 aromatic heterocycles. The molecule has 0 radical (unpaired) electrons. The van der Waals surface area contributed by atoms with Crippen LogP contribution in [-0.2, 0) is 9.59 Å². The number of carboxylic acid groups (broad SMARTS) is 1. The molecule has 1 saturated carbocycles. The molecule has 1 rings (SSSR count). The van der Waals surface area contributed by atoms with Crippen LogP contribution in [0.3, 0.4) is 0 Å². The van der Waals surface area contributed by atoms with Crippen molar-refractivity contribution in [2.45, 2.75) is 46.0 Å². The maximum Gasteiger partial charge on any atom is 0.313 e. The fraction of sp³-hybridized carbons (Fsp3) is 0.818. The average molecular weight is 198 g/mol. The van der Waals surface area contributed by atoms with Crippen molar-refractivity contribution in [3.8, 4) is 0 Å². The molecule has 0 aliphatic heterocycles. The van der Waals surface area contributed by atoms with Gasteiger partial charge >= 0.3 is 5.97 Å². The van der Waals surface area contributed by atoms with Crippen molar-refractivity contribution in [2.75, 3.05) is 0 Å². The first-order valence-electron chi connectivity index (χ1n) is 5.24. The lowest BCUT2D eigenvalue weighted by Gasteiger charge is -2.33. The fourth-order valence-electron chi connectivity index (χ4n) is 2.21. The number of hydrogen-bond donors (Lipinski definition) is 1. The number of Topliss-reactive ketones (excluding diaryl/α,β-unsaturated/α-hetero) is 1. The van der Waals surface area contributed by atoms with E-state index < -0.39 is 11.9 Å². The van der Waals surface area contributed by atoms with Crippen molar-refractivity contribution in [1.82, 2.24) is 0 Å². The predicted octanol–water partition coefficient (Wildman–Crippen LogP) is 2.25. The largest absolute Gasteiger partial charge is 0.481 e. The molecule has 3 heteroatoms. The van der Waals surface area contributed by atoms with Gasteiger partial charge in [-0.05, 0) is 19.8 Å². The Morgan fingerprint density at radius 3 is 2.14 bits per heavy atom. The minimum absolute atomic E-state index is 0.0929. The first kappa shape index (κ1) is 11.2. The van der Waals surface area contributed by atoms with Crippen molar-refractivity contribution >= 4 is 11.8 Å². The second kappa shape index (κ2) is 4.11. The van der Waals surface area contributed by atoms with E-state index in [0.717, 1.165) is 25.7 Å². The van der Waals surface area contributed by atoms with Crippen LogP contribution in [0.4, 0.5) is 0 Å². The molecule has 1 unspecified atom stereocenters. The van der Waals surface area contributed by atoms with Crippen LogP contribution in [0.15, 0.2) is 0 Å². The van der Waals surface area contributed by atoms with Gasteiger partial charge in [0.1, 0.15) is 5.92 Å². The van der Waals surface area contributed by atoms with E-state index in [1.807, 2.05) is 6.92 Å². The molecule has 1 fully saturated rings. The van der Waals surface area contributed by atoms with Gasteiger partial charge in [-0.1, -0.05) is 26.2 Å². The van der Waals surface area contributed by atoms with Gasteiger partial charge in [-0.15, -0.1) is 0 Å². The molecule has 1 aliphatic carbocycles. The molecule has 0 spiro atoms. The summed E-state index contributed by atoms with van der Waals surface area (Å²) in [7, 11) is 0. The Kier molecular flexibility index (Phi) is 3.29. The quantitative estimate of drug-likeness (QED) is 0.707. The van der Waals surface area contributed by atoms with Crippen LogP contribution in [0.25, 0.3) is 0 Å². The molecular weight excluding hydrogens is 180 g/mol. The van der Waals surface area contributed by atoms with Gasteiger partial charge in [0.05, 0.1) is 0 Å². The maximum absolute atomic E-state index is 11.9. The van der Waals surface area contributed by atoms with Gasteiger partial charge in [0.25, 0.3) is 0 Å². The van der Waals surface area contributed by atoms with Gasteiger partial charge in [-0.3, -0.25) is 9.59 Å². The number of hydrogen-bond acceptors (Lipinski definition) is 2. The van der Waals surface area contributed by atoms with Gasteiger partial charge in [0.15, 0.2) is 5.78 Å². The predicted molar refractivity (Wildman–Crippen MR) is 53.0 cm³/mol. The molecule has 80 valence electrons. The summed E-state index contributed by atoms with van der Waals surface area (Å²) in [6.07, 6.45) is 4.97. The number of carbonyl (C=O) groups excluding carboxylic acids is 1. The molecule has 1 aliphatic rings. The molecule has 0 amide bonds. The Hall–Kier alpha value is -0.860. The lowest BCUT2D eigenvalue weighted by Crippen LogP contribution is -2.37. The Morgan fingerprint density at radius 2 is 1.71 bits per heavy atom. The molecule has 3 nitrogen and oxygen atoms in total. The number of rotatable bonds is 3. The Balaban J connectivity index is 2.70. The second-order valence-electron chi connectivity index (χ2n) is 4.55. The SMILES string of the molecule is CC(C(=O)O)C(=O)C1(C)CCCCC1. The van der Waals surface area contributed by atoms with E-state index in [1.54, 1.807) is 0 Å². The van der Waals surface area contributed by atoms with E-state index in [-0.39, 0.29) is 11.2 Å². The average Bonchev–Trinajstić information content (AvgIpc) is 2.16. The summed E-state index contributed by atoms with van der Waals surface area (Å²) in [6.45, 7) is 3.40. The summed E-state index contributed by atoms with van der Waals surface area (Å²) in [5.74, 6) is -1.94. The summed E-state index contributed by atoms with van der Waals surface area (Å²) >= 11 is 0. The molecule has 0 heterocycles. The van der Waals surface area contributed by atoms with Gasteiger partial charge in [0, 0.05) is 5.41 Å². The van der Waals surface area contributed by atoms with E-state index in [1.165, 1.54) is 13.3 Å². The first-order chi connectivity index (χ1) is 6.47. The second-order valence-corrected chi connectivity index (χ2v) is 4.55. The highest BCUT2D eigenvalue weighted by Crippen LogP contribution is 2.38. The van der Waals surface area contributed by atoms with E-state index in [4.69, 9.17) is 5.11 Å². The molecule has 1 N–H and O–H groups in total. The van der Waals surface area contributed by atoms with Gasteiger partial charge in [-0.2, -0.15) is 0 Å². The lowest BCUT2D eigenvalue weighted by atomic mass is 9.70. The summed E-state index contributed by atoms with van der Waals surface area (Å²) in [5, 5.41) is 8.78. The first-order valence-corrected chi connectivity index (χ1v) is 5.24. The summed E-state index contributed by atoms with van der Waals surface area (Å²) < 4.78 is 0. The summed E-state index contributed by atoms with van der Waals surface area (Å²) in [4.78, 5) is 22.6. The number of aliphatic carboxylic acids is 1. The number of carboxylic acids is 1. The zero-order valence-electron chi connectivity index (χ0n) is 8.88. The molecule has 0 bridgehead atoms. The van der Waals surface area contributed by atoms with E-state index >= 15 is 0 Å². The summed E-state index contributed by atoms with van der Waals surface area (Å²) in [5.41, 5.74) is -0.379. The molecule has 0 aromatic rings. The van der Waals surface area contributed by atoms with Crippen molar-refractivity contribution < 1.29 is 14.7 Å². The monoisotopic (exact) mass is 198 g/mol. The number of carbonyl (C=O) groups is 2. The maximum atomic E-state index is 11.9. The molecular formula is C11H18O3. The van der Waals surface area contributed by atoms with Crippen LogP contribution < -0.4 is 0 Å². The lowest BCUT2D eigenvalue weighted by molar-refractivity contribution is -0.149. The molecule has 1 atom stereocenters. The van der Waals surface area contributed by atoms with Crippen LogP contribution in [0.5, 0.6) is 0 Å². The van der Waals surface area contributed by atoms with Gasteiger partial charge < -0.3 is 5.11 Å².